The quantitative estimate of drug-likeness (QED) is 0.0373. The molecule has 0 aliphatic heterocycles. The number of esters is 2. The molecule has 0 amide bonds. The first-order chi connectivity index (χ1) is 43.6. The van der Waals surface area contributed by atoms with Crippen molar-refractivity contribution in [3.63, 3.8) is 0 Å². The first-order valence-electron chi connectivity index (χ1n) is 38.8. The number of allylic oxidation sites excluding steroid dienone is 16. The van der Waals surface area contributed by atoms with Crippen LogP contribution in [0, 0.1) is 0 Å². The van der Waals surface area contributed by atoms with E-state index in [-0.39, 0.29) is 25.2 Å². The molecule has 88 heavy (non-hydrogen) atoms. The summed E-state index contributed by atoms with van der Waals surface area (Å²) in [5, 5.41) is 9.73. The van der Waals surface area contributed by atoms with Gasteiger partial charge in [0.15, 0.2) is 6.10 Å². The van der Waals surface area contributed by atoms with Crippen molar-refractivity contribution >= 4 is 11.9 Å². The molecule has 1 N–H and O–H groups in total. The number of ether oxygens (including phenoxy) is 2. The molecule has 0 aromatic rings. The van der Waals surface area contributed by atoms with Gasteiger partial charge < -0.3 is 14.6 Å². The van der Waals surface area contributed by atoms with Crippen molar-refractivity contribution in [3.05, 3.63) is 97.2 Å². The summed E-state index contributed by atoms with van der Waals surface area (Å²) in [4.78, 5) is 24.7. The number of rotatable bonds is 72. The van der Waals surface area contributed by atoms with E-state index in [9.17, 15) is 14.7 Å². The molecule has 510 valence electrons. The molecule has 0 aromatic carbocycles. The molecule has 0 aliphatic rings. The lowest BCUT2D eigenvalue weighted by Gasteiger charge is -2.15. The van der Waals surface area contributed by atoms with Gasteiger partial charge in [-0.25, -0.2) is 0 Å². The van der Waals surface area contributed by atoms with E-state index in [1.807, 2.05) is 0 Å². The Labute approximate surface area is 548 Å². The zero-order valence-corrected chi connectivity index (χ0v) is 58.7. The van der Waals surface area contributed by atoms with Crippen LogP contribution in [-0.2, 0) is 19.1 Å². The zero-order chi connectivity index (χ0) is 63.3. The molecule has 0 aliphatic carbocycles. The predicted octanol–water partition coefficient (Wildman–Crippen LogP) is 27.3. The SMILES string of the molecule is CC/C=C\C/C=C\C/C=C\C/C=C\C/C=C\CCCCCCCCCCCCCCCCCCCCCCCC(=O)OC(CO)COC(=O)CCCCCCCCCCCCCCCCCCCCCCCC/C=C\C/C=C\C/C=C\CCCCCCC. The normalized spacial score (nSPS) is 12.7. The van der Waals surface area contributed by atoms with Crippen LogP contribution >= 0.6 is 0 Å². The maximum atomic E-state index is 12.4. The van der Waals surface area contributed by atoms with Crippen molar-refractivity contribution in [1.82, 2.24) is 0 Å². The average Bonchev–Trinajstić information content (AvgIpc) is 3.55. The Morgan fingerprint density at radius 1 is 0.273 bits per heavy atom. The second kappa shape index (κ2) is 78.1. The van der Waals surface area contributed by atoms with E-state index in [1.165, 1.54) is 289 Å². The minimum atomic E-state index is -0.774. The molecule has 1 unspecified atom stereocenters. The van der Waals surface area contributed by atoms with Crippen molar-refractivity contribution < 1.29 is 24.2 Å². The Hall–Kier alpha value is -3.18. The highest BCUT2D eigenvalue weighted by Crippen LogP contribution is 2.19. The fraction of sp³-hybridized carbons (Fsp3) is 0.783. The fourth-order valence-electron chi connectivity index (χ4n) is 11.6. The lowest BCUT2D eigenvalue weighted by atomic mass is 10.0. The molecule has 0 heterocycles. The van der Waals surface area contributed by atoms with Crippen molar-refractivity contribution in [1.29, 1.82) is 0 Å². The zero-order valence-electron chi connectivity index (χ0n) is 58.7. The van der Waals surface area contributed by atoms with Crippen LogP contribution in [0.15, 0.2) is 97.2 Å². The molecule has 5 heteroatoms. The van der Waals surface area contributed by atoms with Gasteiger partial charge in [-0.15, -0.1) is 0 Å². The summed E-state index contributed by atoms with van der Waals surface area (Å²) in [5.74, 6) is -0.570. The van der Waals surface area contributed by atoms with Gasteiger partial charge in [-0.05, 0) is 96.3 Å². The minimum Gasteiger partial charge on any atom is -0.462 e. The lowest BCUT2D eigenvalue weighted by Crippen LogP contribution is -2.28. The number of carbonyl (C=O) groups is 2. The van der Waals surface area contributed by atoms with E-state index >= 15 is 0 Å². The summed E-state index contributed by atoms with van der Waals surface area (Å²) in [5.41, 5.74) is 0. The maximum absolute atomic E-state index is 12.4. The van der Waals surface area contributed by atoms with E-state index in [1.54, 1.807) is 0 Å². The van der Waals surface area contributed by atoms with E-state index in [0.29, 0.717) is 12.8 Å². The third kappa shape index (κ3) is 75.3. The molecule has 0 aromatic heterocycles. The van der Waals surface area contributed by atoms with Gasteiger partial charge in [0.25, 0.3) is 0 Å². The van der Waals surface area contributed by atoms with Crippen LogP contribution in [0.25, 0.3) is 0 Å². The van der Waals surface area contributed by atoms with Crippen LogP contribution in [0.1, 0.15) is 399 Å². The molecule has 5 nitrogen and oxygen atoms in total. The number of carbonyl (C=O) groups excluding carboxylic acids is 2. The van der Waals surface area contributed by atoms with E-state index in [4.69, 9.17) is 9.47 Å². The minimum absolute atomic E-state index is 0.0625. The van der Waals surface area contributed by atoms with Gasteiger partial charge in [0.05, 0.1) is 6.61 Å². The molecule has 0 bridgehead atoms. The van der Waals surface area contributed by atoms with Crippen LogP contribution in [-0.4, -0.2) is 36.4 Å². The summed E-state index contributed by atoms with van der Waals surface area (Å²) in [6.45, 7) is 4.06. The predicted molar refractivity (Wildman–Crippen MR) is 389 cm³/mol. The molecular formula is C83H148O5. The summed E-state index contributed by atoms with van der Waals surface area (Å²) < 4.78 is 10.8. The van der Waals surface area contributed by atoms with Gasteiger partial charge in [-0.1, -0.05) is 387 Å². The van der Waals surface area contributed by atoms with Gasteiger partial charge in [-0.2, -0.15) is 0 Å². The van der Waals surface area contributed by atoms with Crippen LogP contribution in [0.3, 0.4) is 0 Å². The standard InChI is InChI=1S/C83H148O5/c1-3-5-7-9-11-13-15-17-19-21-23-25-27-29-31-33-35-37-39-41-43-45-47-49-51-53-55-57-59-61-63-65-67-69-71-73-75-77-82(85)87-80-81(79-84)88-83(86)78-76-74-72-70-68-66-64-62-60-58-56-54-52-50-48-46-44-42-40-38-36-34-32-30-28-26-24-22-20-18-16-14-12-10-8-6-4-2/h6,8,12,14-15,17-18,20-21,23-24,26-27,29-30,32,81,84H,3-5,7,9-11,13,16,19,22,25,28,31,33-80H2,1-2H3/b8-6-,14-12-,17-15-,20-18-,23-21-,26-24-,29-27-,32-30-. The number of unbranched alkanes of at least 4 members (excludes halogenated alkanes) is 48. The smallest absolute Gasteiger partial charge is 0.306 e. The third-order valence-corrected chi connectivity index (χ3v) is 17.4. The van der Waals surface area contributed by atoms with Crippen LogP contribution in [0.5, 0.6) is 0 Å². The second-order valence-corrected chi connectivity index (χ2v) is 26.1. The lowest BCUT2D eigenvalue weighted by molar-refractivity contribution is -0.161. The van der Waals surface area contributed by atoms with Gasteiger partial charge in [0.1, 0.15) is 6.61 Å². The third-order valence-electron chi connectivity index (χ3n) is 17.4. The van der Waals surface area contributed by atoms with Gasteiger partial charge in [-0.3, -0.25) is 9.59 Å². The van der Waals surface area contributed by atoms with Crippen molar-refractivity contribution in [2.75, 3.05) is 13.2 Å². The highest BCUT2D eigenvalue weighted by atomic mass is 16.6. The van der Waals surface area contributed by atoms with Crippen molar-refractivity contribution in [2.24, 2.45) is 0 Å². The van der Waals surface area contributed by atoms with Gasteiger partial charge in [0, 0.05) is 12.8 Å². The molecule has 0 radical (unpaired) electrons. The molecule has 0 saturated heterocycles. The first-order valence-corrected chi connectivity index (χ1v) is 38.8. The molecule has 0 rings (SSSR count). The van der Waals surface area contributed by atoms with Crippen molar-refractivity contribution in [3.8, 4) is 0 Å². The Morgan fingerprint density at radius 2 is 0.489 bits per heavy atom. The second-order valence-electron chi connectivity index (χ2n) is 26.1. The van der Waals surface area contributed by atoms with Crippen LogP contribution < -0.4 is 0 Å². The van der Waals surface area contributed by atoms with E-state index in [2.05, 4.69) is 111 Å². The summed E-state index contributed by atoms with van der Waals surface area (Å²) >= 11 is 0. The molecule has 0 saturated carbocycles. The average molecular weight is 1230 g/mol. The molecule has 1 atom stereocenters. The Balaban J connectivity index is 3.40. The first kappa shape index (κ1) is 84.8. The largest absolute Gasteiger partial charge is 0.462 e. The number of hydrogen-bond donors (Lipinski definition) is 1. The van der Waals surface area contributed by atoms with E-state index < -0.39 is 6.10 Å². The maximum Gasteiger partial charge on any atom is 0.306 e. The fourth-order valence-corrected chi connectivity index (χ4v) is 11.6. The number of aliphatic hydroxyl groups excluding tert-OH is 1. The van der Waals surface area contributed by atoms with E-state index in [0.717, 1.165) is 83.5 Å². The summed E-state index contributed by atoms with van der Waals surface area (Å²) in [6.07, 6.45) is 112. The molecular weight excluding hydrogens is 1080 g/mol. The summed E-state index contributed by atoms with van der Waals surface area (Å²) in [7, 11) is 0. The molecule has 0 fully saturated rings. The van der Waals surface area contributed by atoms with Gasteiger partial charge in [0.2, 0.25) is 0 Å². The molecule has 0 spiro atoms. The van der Waals surface area contributed by atoms with Crippen LogP contribution in [0.4, 0.5) is 0 Å². The highest BCUT2D eigenvalue weighted by Gasteiger charge is 2.16. The topological polar surface area (TPSA) is 72.8 Å². The Bertz CT molecular complexity index is 1630. The summed E-state index contributed by atoms with van der Waals surface area (Å²) in [6, 6.07) is 0. The Kier molecular flexibility index (Phi) is 75.2. The highest BCUT2D eigenvalue weighted by molar-refractivity contribution is 5.70. The monoisotopic (exact) mass is 1230 g/mol. The van der Waals surface area contributed by atoms with Gasteiger partial charge >= 0.3 is 11.9 Å². The Morgan fingerprint density at radius 3 is 0.739 bits per heavy atom. The van der Waals surface area contributed by atoms with Crippen LogP contribution in [0.2, 0.25) is 0 Å². The number of hydrogen-bond acceptors (Lipinski definition) is 5. The number of aliphatic hydroxyl groups is 1. The van der Waals surface area contributed by atoms with Crippen molar-refractivity contribution in [2.45, 2.75) is 405 Å².